The Morgan fingerprint density at radius 1 is 1.29 bits per heavy atom. The zero-order chi connectivity index (χ0) is 11.8. The van der Waals surface area contributed by atoms with Gasteiger partial charge < -0.3 is 4.57 Å². The molecule has 94 valence electrons. The van der Waals surface area contributed by atoms with Gasteiger partial charge >= 0.3 is 0 Å². The predicted molar refractivity (Wildman–Crippen MR) is 76.7 cm³/mol. The van der Waals surface area contributed by atoms with Gasteiger partial charge in [-0.15, -0.1) is 0 Å². The maximum absolute atomic E-state index is 4.82. The second-order valence-corrected chi connectivity index (χ2v) is 7.32. The zero-order valence-electron chi connectivity index (χ0n) is 10.3. The van der Waals surface area contributed by atoms with Crippen LogP contribution in [0, 0.1) is 5.92 Å². The van der Waals surface area contributed by atoms with Crippen molar-refractivity contribution in [2.45, 2.75) is 45.1 Å². The molecule has 1 saturated heterocycles. The van der Waals surface area contributed by atoms with Gasteiger partial charge in [-0.3, -0.25) is 0 Å². The fourth-order valence-electron chi connectivity index (χ4n) is 2.97. The highest BCUT2D eigenvalue weighted by atomic mass is 79.9. The van der Waals surface area contributed by atoms with Gasteiger partial charge in [0.25, 0.3) is 0 Å². The Labute approximate surface area is 116 Å². The molecule has 0 aromatic carbocycles. The maximum atomic E-state index is 4.82. The number of rotatable bonds is 1. The monoisotopic (exact) mass is 314 g/mol. The Morgan fingerprint density at radius 3 is 2.82 bits per heavy atom. The van der Waals surface area contributed by atoms with Crippen LogP contribution in [0.15, 0.2) is 4.60 Å². The summed E-state index contributed by atoms with van der Waals surface area (Å²) in [6.07, 6.45) is 5.12. The number of halogens is 1. The van der Waals surface area contributed by atoms with E-state index >= 15 is 0 Å². The molecule has 4 heteroatoms. The first-order valence-electron chi connectivity index (χ1n) is 6.58. The first kappa shape index (κ1) is 12.1. The van der Waals surface area contributed by atoms with Gasteiger partial charge in [0.05, 0.1) is 5.69 Å². The van der Waals surface area contributed by atoms with E-state index < -0.39 is 0 Å². The smallest absolute Gasteiger partial charge is 0.127 e. The third-order valence-corrected chi connectivity index (χ3v) is 5.71. The standard InChI is InChI=1S/C13H19BrN2S/c1-9-2-5-16-11(8-9)12(14)15-13(16)10-3-6-17-7-4-10/h9-10H,2-8H2,1H3. The molecule has 0 aliphatic carbocycles. The number of thioether (sulfide) groups is 1. The summed E-state index contributed by atoms with van der Waals surface area (Å²) in [5, 5.41) is 0. The van der Waals surface area contributed by atoms with Crippen LogP contribution in [0.5, 0.6) is 0 Å². The fraction of sp³-hybridized carbons (Fsp3) is 0.769. The number of hydrogen-bond acceptors (Lipinski definition) is 2. The summed E-state index contributed by atoms with van der Waals surface area (Å²) in [5.74, 6) is 5.49. The second kappa shape index (κ2) is 4.96. The van der Waals surface area contributed by atoms with Gasteiger partial charge in [0.15, 0.2) is 0 Å². The number of hydrogen-bond donors (Lipinski definition) is 0. The van der Waals surface area contributed by atoms with Crippen LogP contribution in [-0.4, -0.2) is 21.1 Å². The molecule has 0 saturated carbocycles. The fourth-order valence-corrected chi connectivity index (χ4v) is 4.63. The van der Waals surface area contributed by atoms with E-state index in [-0.39, 0.29) is 0 Å². The number of aromatic nitrogens is 2. The molecule has 3 rings (SSSR count). The summed E-state index contributed by atoms with van der Waals surface area (Å²) in [6, 6.07) is 0. The normalized spacial score (nSPS) is 25.9. The van der Waals surface area contributed by atoms with E-state index in [4.69, 9.17) is 4.98 Å². The Bertz CT molecular complexity index is 410. The molecule has 0 spiro atoms. The molecule has 2 nitrogen and oxygen atoms in total. The van der Waals surface area contributed by atoms with Gasteiger partial charge in [-0.05, 0) is 59.0 Å². The number of imidazole rings is 1. The molecule has 2 aliphatic heterocycles. The third-order valence-electron chi connectivity index (χ3n) is 4.03. The summed E-state index contributed by atoms with van der Waals surface area (Å²) in [5.41, 5.74) is 1.44. The lowest BCUT2D eigenvalue weighted by Gasteiger charge is -2.26. The minimum Gasteiger partial charge on any atom is -0.331 e. The van der Waals surface area contributed by atoms with E-state index in [9.17, 15) is 0 Å². The van der Waals surface area contributed by atoms with E-state index in [0.717, 1.165) is 10.5 Å². The van der Waals surface area contributed by atoms with Crippen molar-refractivity contribution < 1.29 is 0 Å². The van der Waals surface area contributed by atoms with Gasteiger partial charge in [0.2, 0.25) is 0 Å². The van der Waals surface area contributed by atoms with Crippen molar-refractivity contribution in [3.63, 3.8) is 0 Å². The highest BCUT2D eigenvalue weighted by molar-refractivity contribution is 9.10. The molecule has 17 heavy (non-hydrogen) atoms. The van der Waals surface area contributed by atoms with E-state index in [1.807, 2.05) is 0 Å². The van der Waals surface area contributed by atoms with Crippen LogP contribution in [0.3, 0.4) is 0 Å². The Balaban J connectivity index is 1.92. The van der Waals surface area contributed by atoms with E-state index in [1.165, 1.54) is 55.3 Å². The van der Waals surface area contributed by atoms with Gasteiger partial charge in [0, 0.05) is 12.5 Å². The van der Waals surface area contributed by atoms with Crippen molar-refractivity contribution in [3.05, 3.63) is 16.1 Å². The molecule has 1 unspecified atom stereocenters. The third kappa shape index (κ3) is 2.30. The van der Waals surface area contributed by atoms with Crippen LogP contribution in [-0.2, 0) is 13.0 Å². The number of nitrogens with zero attached hydrogens (tertiary/aromatic N) is 2. The summed E-state index contributed by atoms with van der Waals surface area (Å²) in [6.45, 7) is 3.52. The van der Waals surface area contributed by atoms with Crippen LogP contribution in [0.25, 0.3) is 0 Å². The zero-order valence-corrected chi connectivity index (χ0v) is 12.7. The average Bonchev–Trinajstić information content (AvgIpc) is 2.68. The molecule has 0 amide bonds. The van der Waals surface area contributed by atoms with Crippen molar-refractivity contribution >= 4 is 27.7 Å². The van der Waals surface area contributed by atoms with Crippen molar-refractivity contribution in [1.82, 2.24) is 9.55 Å². The molecule has 1 atom stereocenters. The molecular weight excluding hydrogens is 296 g/mol. The first-order chi connectivity index (χ1) is 8.25. The summed E-state index contributed by atoms with van der Waals surface area (Å²) in [4.78, 5) is 4.82. The molecule has 1 fully saturated rings. The highest BCUT2D eigenvalue weighted by Crippen LogP contribution is 2.36. The summed E-state index contributed by atoms with van der Waals surface area (Å²) < 4.78 is 3.61. The van der Waals surface area contributed by atoms with Gasteiger partial charge in [-0.25, -0.2) is 4.98 Å². The lowest BCUT2D eigenvalue weighted by atomic mass is 9.97. The first-order valence-corrected chi connectivity index (χ1v) is 8.53. The summed E-state index contributed by atoms with van der Waals surface area (Å²) >= 11 is 5.75. The average molecular weight is 315 g/mol. The molecule has 2 aliphatic rings. The van der Waals surface area contributed by atoms with E-state index in [2.05, 4.69) is 39.2 Å². The highest BCUT2D eigenvalue weighted by Gasteiger charge is 2.27. The van der Waals surface area contributed by atoms with Gasteiger partial charge in [-0.2, -0.15) is 11.8 Å². The lowest BCUT2D eigenvalue weighted by molar-refractivity contribution is 0.398. The minimum absolute atomic E-state index is 0.703. The van der Waals surface area contributed by atoms with Crippen LogP contribution in [0.1, 0.15) is 43.6 Å². The Hall–Kier alpha value is 0.0400. The Morgan fingerprint density at radius 2 is 2.06 bits per heavy atom. The van der Waals surface area contributed by atoms with Crippen LogP contribution in [0.2, 0.25) is 0 Å². The van der Waals surface area contributed by atoms with Crippen molar-refractivity contribution in [2.24, 2.45) is 5.92 Å². The van der Waals surface area contributed by atoms with Gasteiger partial charge in [-0.1, -0.05) is 6.92 Å². The van der Waals surface area contributed by atoms with Crippen LogP contribution in [0.4, 0.5) is 0 Å². The van der Waals surface area contributed by atoms with E-state index in [0.29, 0.717) is 5.92 Å². The molecule has 0 N–H and O–H groups in total. The maximum Gasteiger partial charge on any atom is 0.127 e. The quantitative estimate of drug-likeness (QED) is 0.784. The molecular formula is C13H19BrN2S. The molecule has 0 radical (unpaired) electrons. The molecule has 1 aromatic rings. The van der Waals surface area contributed by atoms with Crippen molar-refractivity contribution in [2.75, 3.05) is 11.5 Å². The van der Waals surface area contributed by atoms with Crippen molar-refractivity contribution in [3.8, 4) is 0 Å². The predicted octanol–water partition coefficient (Wildman–Crippen LogP) is 3.84. The minimum atomic E-state index is 0.703. The van der Waals surface area contributed by atoms with E-state index in [1.54, 1.807) is 0 Å². The Kier molecular flexibility index (Phi) is 3.53. The second-order valence-electron chi connectivity index (χ2n) is 5.34. The SMILES string of the molecule is CC1CCn2c(C3CCSCC3)nc(Br)c2C1. The van der Waals surface area contributed by atoms with Crippen molar-refractivity contribution in [1.29, 1.82) is 0 Å². The van der Waals surface area contributed by atoms with Gasteiger partial charge in [0.1, 0.15) is 10.4 Å². The molecule has 0 bridgehead atoms. The molecule has 1 aromatic heterocycles. The van der Waals surface area contributed by atoms with Crippen LogP contribution < -0.4 is 0 Å². The molecule has 3 heterocycles. The van der Waals surface area contributed by atoms with Crippen LogP contribution >= 0.6 is 27.7 Å². The largest absolute Gasteiger partial charge is 0.331 e. The lowest BCUT2D eigenvalue weighted by Crippen LogP contribution is -2.21. The summed E-state index contributed by atoms with van der Waals surface area (Å²) in [7, 11) is 0. The topological polar surface area (TPSA) is 17.8 Å². The number of fused-ring (bicyclic) bond motifs is 1.